The molecule has 0 bridgehead atoms. The van der Waals surface area contributed by atoms with Gasteiger partial charge in [0.1, 0.15) is 0 Å². The maximum absolute atomic E-state index is 10.7. The van der Waals surface area contributed by atoms with Gasteiger partial charge in [0.25, 0.3) is 0 Å². The lowest BCUT2D eigenvalue weighted by atomic mass is 9.71. The second-order valence-electron chi connectivity index (χ2n) is 5.80. The highest BCUT2D eigenvalue weighted by Gasteiger charge is 2.42. The Morgan fingerprint density at radius 3 is 3.16 bits per heavy atom. The zero-order chi connectivity index (χ0) is 13.3. The quantitative estimate of drug-likeness (QED) is 0.887. The van der Waals surface area contributed by atoms with Gasteiger partial charge in [0.05, 0.1) is 12.7 Å². The van der Waals surface area contributed by atoms with E-state index in [1.807, 2.05) is 12.1 Å². The summed E-state index contributed by atoms with van der Waals surface area (Å²) in [6.07, 6.45) is 7.22. The predicted octanol–water partition coefficient (Wildman–Crippen LogP) is 2.22. The van der Waals surface area contributed by atoms with E-state index in [9.17, 15) is 5.11 Å². The molecule has 19 heavy (non-hydrogen) atoms. The highest BCUT2D eigenvalue weighted by molar-refractivity contribution is 5.48. The van der Waals surface area contributed by atoms with Crippen LogP contribution in [0.25, 0.3) is 0 Å². The number of anilines is 1. The summed E-state index contributed by atoms with van der Waals surface area (Å²) in [5.41, 5.74) is 0.741. The second kappa shape index (κ2) is 5.00. The van der Waals surface area contributed by atoms with Crippen molar-refractivity contribution in [1.29, 1.82) is 0 Å². The molecular formula is C15H22N2O2. The summed E-state index contributed by atoms with van der Waals surface area (Å²) in [6.45, 7) is 1.86. The highest BCUT2D eigenvalue weighted by Crippen LogP contribution is 2.40. The third-order valence-electron chi connectivity index (χ3n) is 4.72. The molecule has 1 aromatic heterocycles. The predicted molar refractivity (Wildman–Crippen MR) is 74.5 cm³/mol. The van der Waals surface area contributed by atoms with Gasteiger partial charge in [0.2, 0.25) is 5.88 Å². The number of methoxy groups -OCH3 is 1. The van der Waals surface area contributed by atoms with Crippen LogP contribution in [0.1, 0.15) is 32.1 Å². The largest absolute Gasteiger partial charge is 0.481 e. The van der Waals surface area contributed by atoms with E-state index >= 15 is 0 Å². The first-order valence-electron chi connectivity index (χ1n) is 7.19. The summed E-state index contributed by atoms with van der Waals surface area (Å²) in [7, 11) is 1.64. The van der Waals surface area contributed by atoms with Crippen LogP contribution in [0.4, 0.5) is 5.69 Å². The van der Waals surface area contributed by atoms with Crippen molar-refractivity contribution in [3.8, 4) is 5.88 Å². The Balaban J connectivity index is 1.76. The molecule has 0 amide bonds. The standard InChI is InChI=1S/C15H22N2O2/c1-19-14-10-13(5-8-16-14)17-9-7-15(18)6-3-2-4-12(15)11-17/h5,8,10,12,18H,2-4,6-7,9,11H2,1H3. The molecule has 2 fully saturated rings. The minimum Gasteiger partial charge on any atom is -0.481 e. The molecule has 2 atom stereocenters. The average molecular weight is 262 g/mol. The lowest BCUT2D eigenvalue weighted by Gasteiger charge is -2.48. The smallest absolute Gasteiger partial charge is 0.214 e. The van der Waals surface area contributed by atoms with Gasteiger partial charge in [-0.1, -0.05) is 12.8 Å². The number of aromatic nitrogens is 1. The number of pyridine rings is 1. The van der Waals surface area contributed by atoms with Gasteiger partial charge in [-0.3, -0.25) is 0 Å². The molecule has 1 aliphatic heterocycles. The molecule has 0 spiro atoms. The van der Waals surface area contributed by atoms with Crippen LogP contribution in [0.5, 0.6) is 5.88 Å². The summed E-state index contributed by atoms with van der Waals surface area (Å²) in [4.78, 5) is 6.51. The minimum atomic E-state index is -0.411. The van der Waals surface area contributed by atoms with Crippen LogP contribution in [0, 0.1) is 5.92 Å². The van der Waals surface area contributed by atoms with Crippen molar-refractivity contribution in [3.05, 3.63) is 18.3 Å². The van der Waals surface area contributed by atoms with Crippen LogP contribution in [-0.2, 0) is 0 Å². The molecule has 2 unspecified atom stereocenters. The van der Waals surface area contributed by atoms with Crippen LogP contribution in [0.3, 0.4) is 0 Å². The van der Waals surface area contributed by atoms with Gasteiger partial charge >= 0.3 is 0 Å². The van der Waals surface area contributed by atoms with Gasteiger partial charge in [-0.15, -0.1) is 0 Å². The number of fused-ring (bicyclic) bond motifs is 1. The van der Waals surface area contributed by atoms with Crippen molar-refractivity contribution >= 4 is 5.69 Å². The molecule has 0 radical (unpaired) electrons. The molecule has 1 saturated heterocycles. The molecule has 104 valence electrons. The average Bonchev–Trinajstić information content (AvgIpc) is 2.46. The summed E-state index contributed by atoms with van der Waals surface area (Å²) >= 11 is 0. The van der Waals surface area contributed by atoms with Crippen molar-refractivity contribution in [2.45, 2.75) is 37.7 Å². The number of ether oxygens (including phenoxy) is 1. The topological polar surface area (TPSA) is 45.6 Å². The summed E-state index contributed by atoms with van der Waals surface area (Å²) < 4.78 is 5.18. The third-order valence-corrected chi connectivity index (χ3v) is 4.72. The van der Waals surface area contributed by atoms with Crippen LogP contribution < -0.4 is 9.64 Å². The SMILES string of the molecule is COc1cc(N2CCC3(O)CCCCC3C2)ccn1. The first-order chi connectivity index (χ1) is 9.21. The first kappa shape index (κ1) is 12.7. The Labute approximate surface area is 114 Å². The molecule has 1 aromatic rings. The Hall–Kier alpha value is -1.29. The van der Waals surface area contributed by atoms with E-state index in [1.54, 1.807) is 13.3 Å². The highest BCUT2D eigenvalue weighted by atomic mass is 16.5. The van der Waals surface area contributed by atoms with Crippen LogP contribution >= 0.6 is 0 Å². The van der Waals surface area contributed by atoms with Crippen molar-refractivity contribution in [2.24, 2.45) is 5.92 Å². The minimum absolute atomic E-state index is 0.411. The van der Waals surface area contributed by atoms with Crippen molar-refractivity contribution < 1.29 is 9.84 Å². The monoisotopic (exact) mass is 262 g/mol. The molecule has 4 nitrogen and oxygen atoms in total. The molecule has 3 rings (SSSR count). The van der Waals surface area contributed by atoms with Gasteiger partial charge in [-0.05, 0) is 25.3 Å². The zero-order valence-electron chi connectivity index (χ0n) is 11.5. The molecule has 2 heterocycles. The molecule has 2 aliphatic rings. The number of hydrogen-bond donors (Lipinski definition) is 1. The molecule has 1 aliphatic carbocycles. The third kappa shape index (κ3) is 2.41. The zero-order valence-corrected chi connectivity index (χ0v) is 11.5. The lowest BCUT2D eigenvalue weighted by molar-refractivity contribution is -0.0612. The number of rotatable bonds is 2. The summed E-state index contributed by atoms with van der Waals surface area (Å²) in [6, 6.07) is 4.00. The number of nitrogens with zero attached hydrogens (tertiary/aromatic N) is 2. The fraction of sp³-hybridized carbons (Fsp3) is 0.667. The van der Waals surface area contributed by atoms with E-state index in [4.69, 9.17) is 4.74 Å². The van der Waals surface area contributed by atoms with E-state index in [0.717, 1.165) is 38.0 Å². The summed E-state index contributed by atoms with van der Waals surface area (Å²) in [5, 5.41) is 10.7. The van der Waals surface area contributed by atoms with E-state index in [2.05, 4.69) is 9.88 Å². The Bertz CT molecular complexity index is 452. The van der Waals surface area contributed by atoms with Gasteiger partial charge in [-0.25, -0.2) is 4.98 Å². The van der Waals surface area contributed by atoms with Gasteiger partial charge in [0, 0.05) is 37.0 Å². The normalized spacial score (nSPS) is 30.8. The molecule has 0 aromatic carbocycles. The maximum Gasteiger partial charge on any atom is 0.214 e. The maximum atomic E-state index is 10.7. The van der Waals surface area contributed by atoms with Gasteiger partial charge < -0.3 is 14.7 Å². The summed E-state index contributed by atoms with van der Waals surface area (Å²) in [5.74, 6) is 1.07. The number of piperidine rings is 1. The molecular weight excluding hydrogens is 240 g/mol. The van der Waals surface area contributed by atoms with Crippen molar-refractivity contribution in [2.75, 3.05) is 25.1 Å². The fourth-order valence-electron chi connectivity index (χ4n) is 3.51. The molecule has 1 N–H and O–H groups in total. The Morgan fingerprint density at radius 2 is 2.32 bits per heavy atom. The van der Waals surface area contributed by atoms with E-state index in [0.29, 0.717) is 11.8 Å². The second-order valence-corrected chi connectivity index (χ2v) is 5.80. The number of aliphatic hydroxyl groups is 1. The van der Waals surface area contributed by atoms with E-state index in [1.165, 1.54) is 12.8 Å². The van der Waals surface area contributed by atoms with Crippen LogP contribution in [0.15, 0.2) is 18.3 Å². The lowest BCUT2D eigenvalue weighted by Crippen LogP contribution is -2.53. The first-order valence-corrected chi connectivity index (χ1v) is 7.19. The van der Waals surface area contributed by atoms with Crippen LogP contribution in [-0.4, -0.2) is 35.9 Å². The number of hydrogen-bond acceptors (Lipinski definition) is 4. The Kier molecular flexibility index (Phi) is 3.35. The van der Waals surface area contributed by atoms with Crippen molar-refractivity contribution in [1.82, 2.24) is 4.98 Å². The van der Waals surface area contributed by atoms with Gasteiger partial charge in [-0.2, -0.15) is 0 Å². The van der Waals surface area contributed by atoms with E-state index < -0.39 is 5.60 Å². The molecule has 4 heteroatoms. The molecule has 1 saturated carbocycles. The van der Waals surface area contributed by atoms with Crippen molar-refractivity contribution in [3.63, 3.8) is 0 Å². The van der Waals surface area contributed by atoms with Gasteiger partial charge in [0.15, 0.2) is 0 Å². The van der Waals surface area contributed by atoms with E-state index in [-0.39, 0.29) is 0 Å². The van der Waals surface area contributed by atoms with Crippen LogP contribution in [0.2, 0.25) is 0 Å². The Morgan fingerprint density at radius 1 is 1.42 bits per heavy atom. The fourth-order valence-corrected chi connectivity index (χ4v) is 3.51.